The molecule has 1 aliphatic rings. The summed E-state index contributed by atoms with van der Waals surface area (Å²) in [5.41, 5.74) is 1.36. The molecule has 144 valence electrons. The number of methoxy groups -OCH3 is 1. The predicted octanol–water partition coefficient (Wildman–Crippen LogP) is 3.44. The first kappa shape index (κ1) is 19.5. The number of carboxylic acids is 1. The lowest BCUT2D eigenvalue weighted by atomic mass is 10.2. The van der Waals surface area contributed by atoms with Gasteiger partial charge < -0.3 is 19.9 Å². The van der Waals surface area contributed by atoms with Gasteiger partial charge in [0.15, 0.2) is 5.17 Å². The van der Waals surface area contributed by atoms with E-state index in [4.69, 9.17) is 14.6 Å². The molecule has 0 radical (unpaired) electrons. The first-order valence-electron chi connectivity index (χ1n) is 8.42. The lowest BCUT2D eigenvalue weighted by Crippen LogP contribution is -2.19. The molecule has 0 unspecified atom stereocenters. The van der Waals surface area contributed by atoms with Gasteiger partial charge >= 0.3 is 5.97 Å². The number of hydrogen-bond acceptors (Lipinski definition) is 6. The number of carboxylic acid groups (broad SMARTS) is 1. The van der Waals surface area contributed by atoms with E-state index >= 15 is 0 Å². The van der Waals surface area contributed by atoms with Crippen LogP contribution in [0.5, 0.6) is 11.5 Å². The summed E-state index contributed by atoms with van der Waals surface area (Å²) in [4.78, 5) is 27.8. The largest absolute Gasteiger partial charge is 0.497 e. The smallest absolute Gasteiger partial charge is 0.306 e. The number of benzene rings is 2. The number of aliphatic imine (C=N–C) groups is 1. The molecule has 1 fully saturated rings. The van der Waals surface area contributed by atoms with Crippen molar-refractivity contribution < 1.29 is 24.2 Å². The van der Waals surface area contributed by atoms with E-state index in [1.165, 1.54) is 11.8 Å². The van der Waals surface area contributed by atoms with Gasteiger partial charge in [-0.15, -0.1) is 0 Å². The van der Waals surface area contributed by atoms with E-state index in [0.29, 0.717) is 32.8 Å². The van der Waals surface area contributed by atoms with Crippen molar-refractivity contribution in [3.05, 3.63) is 59.0 Å². The molecule has 8 heteroatoms. The number of para-hydroxylation sites is 1. The maximum Gasteiger partial charge on any atom is 0.306 e. The van der Waals surface area contributed by atoms with Crippen molar-refractivity contribution in [2.24, 2.45) is 4.99 Å². The van der Waals surface area contributed by atoms with Crippen molar-refractivity contribution >= 4 is 40.6 Å². The quantitative estimate of drug-likeness (QED) is 0.694. The molecular formula is C20H18N2O5S. The molecule has 0 aromatic heterocycles. The normalized spacial score (nSPS) is 16.2. The summed E-state index contributed by atoms with van der Waals surface area (Å²) >= 11 is 1.22. The summed E-state index contributed by atoms with van der Waals surface area (Å²) in [7, 11) is 1.58. The van der Waals surface area contributed by atoms with Gasteiger partial charge in [-0.3, -0.25) is 9.59 Å². The van der Waals surface area contributed by atoms with Crippen LogP contribution in [0.25, 0.3) is 6.08 Å². The molecule has 1 aliphatic heterocycles. The van der Waals surface area contributed by atoms with E-state index in [0.717, 1.165) is 0 Å². The van der Waals surface area contributed by atoms with E-state index < -0.39 is 5.97 Å². The molecule has 0 atom stereocenters. The lowest BCUT2D eigenvalue weighted by Gasteiger charge is -2.08. The molecule has 0 aliphatic carbocycles. The zero-order valence-electron chi connectivity index (χ0n) is 15.0. The van der Waals surface area contributed by atoms with Crippen molar-refractivity contribution in [3.63, 3.8) is 0 Å². The molecule has 1 saturated heterocycles. The van der Waals surface area contributed by atoms with Gasteiger partial charge in [0.05, 0.1) is 30.7 Å². The van der Waals surface area contributed by atoms with Crippen LogP contribution in [-0.2, 0) is 9.59 Å². The minimum atomic E-state index is -0.931. The third kappa shape index (κ3) is 5.14. The van der Waals surface area contributed by atoms with Gasteiger partial charge in [-0.25, -0.2) is 4.99 Å². The van der Waals surface area contributed by atoms with Gasteiger partial charge in [0.2, 0.25) is 0 Å². The predicted molar refractivity (Wildman–Crippen MR) is 108 cm³/mol. The van der Waals surface area contributed by atoms with E-state index in [9.17, 15) is 9.59 Å². The van der Waals surface area contributed by atoms with Crippen LogP contribution >= 0.6 is 11.8 Å². The number of aliphatic carboxylic acids is 1. The molecule has 2 N–H and O–H groups in total. The number of carbonyl (C=O) groups is 2. The summed E-state index contributed by atoms with van der Waals surface area (Å²) in [6.07, 6.45) is 1.60. The van der Waals surface area contributed by atoms with Crippen molar-refractivity contribution in [3.8, 4) is 11.5 Å². The Morgan fingerprint density at radius 1 is 1.25 bits per heavy atom. The second-order valence-corrected chi connectivity index (χ2v) is 6.74. The van der Waals surface area contributed by atoms with Gasteiger partial charge in [-0.2, -0.15) is 0 Å². The zero-order valence-corrected chi connectivity index (χ0v) is 15.9. The molecule has 2 aromatic carbocycles. The number of rotatable bonds is 7. The monoisotopic (exact) mass is 398 g/mol. The Hall–Kier alpha value is -3.26. The summed E-state index contributed by atoms with van der Waals surface area (Å²) in [5, 5.41) is 11.9. The number of hydrogen-bond donors (Lipinski definition) is 2. The molecule has 2 aromatic rings. The fourth-order valence-electron chi connectivity index (χ4n) is 2.40. The second kappa shape index (κ2) is 9.09. The average molecular weight is 398 g/mol. The average Bonchev–Trinajstić information content (AvgIpc) is 3.02. The van der Waals surface area contributed by atoms with E-state index in [1.54, 1.807) is 37.5 Å². The SMILES string of the molecule is COc1cccc(N=C2NC(=O)/C(=C\c3ccccc3OCCC(=O)O)S2)c1. The van der Waals surface area contributed by atoms with Crippen LogP contribution < -0.4 is 14.8 Å². The summed E-state index contributed by atoms with van der Waals surface area (Å²) in [5.74, 6) is 0.00848. The summed E-state index contributed by atoms with van der Waals surface area (Å²) in [6.45, 7) is 0.0530. The summed E-state index contributed by atoms with van der Waals surface area (Å²) < 4.78 is 10.7. The number of amides is 1. The lowest BCUT2D eigenvalue weighted by molar-refractivity contribution is -0.137. The van der Waals surface area contributed by atoms with Crippen molar-refractivity contribution in [2.45, 2.75) is 6.42 Å². The van der Waals surface area contributed by atoms with E-state index in [2.05, 4.69) is 10.3 Å². The minimum absolute atomic E-state index is 0.0530. The van der Waals surface area contributed by atoms with E-state index in [1.807, 2.05) is 24.3 Å². The van der Waals surface area contributed by atoms with Crippen LogP contribution in [0.15, 0.2) is 58.4 Å². The molecule has 1 amide bonds. The maximum atomic E-state index is 12.3. The highest BCUT2D eigenvalue weighted by Crippen LogP contribution is 2.31. The Balaban J connectivity index is 1.77. The van der Waals surface area contributed by atoms with Crippen LogP contribution in [0.2, 0.25) is 0 Å². The highest BCUT2D eigenvalue weighted by atomic mass is 32.2. The van der Waals surface area contributed by atoms with Crippen LogP contribution in [0.1, 0.15) is 12.0 Å². The van der Waals surface area contributed by atoms with Gasteiger partial charge in [0, 0.05) is 11.6 Å². The molecule has 3 rings (SSSR count). The Kier molecular flexibility index (Phi) is 6.33. The van der Waals surface area contributed by atoms with Gasteiger partial charge in [0.25, 0.3) is 5.91 Å². The van der Waals surface area contributed by atoms with Crippen LogP contribution in [-0.4, -0.2) is 35.9 Å². The van der Waals surface area contributed by atoms with Crippen LogP contribution in [0.3, 0.4) is 0 Å². The van der Waals surface area contributed by atoms with Crippen molar-refractivity contribution in [1.29, 1.82) is 0 Å². The first-order chi connectivity index (χ1) is 13.5. The zero-order chi connectivity index (χ0) is 19.9. The first-order valence-corrected chi connectivity index (χ1v) is 9.24. The van der Waals surface area contributed by atoms with Crippen LogP contribution in [0.4, 0.5) is 5.69 Å². The number of ether oxygens (including phenoxy) is 2. The second-order valence-electron chi connectivity index (χ2n) is 5.71. The third-order valence-corrected chi connectivity index (χ3v) is 4.62. The van der Waals surface area contributed by atoms with E-state index in [-0.39, 0.29) is 18.9 Å². The fourth-order valence-corrected chi connectivity index (χ4v) is 3.23. The molecule has 7 nitrogen and oxygen atoms in total. The Bertz CT molecular complexity index is 955. The fraction of sp³-hybridized carbons (Fsp3) is 0.150. The number of amidine groups is 1. The Labute approximate surface area is 166 Å². The van der Waals surface area contributed by atoms with Crippen molar-refractivity contribution in [1.82, 2.24) is 5.32 Å². The van der Waals surface area contributed by atoms with Crippen LogP contribution in [0, 0.1) is 0 Å². The number of nitrogens with zero attached hydrogens (tertiary/aromatic N) is 1. The molecule has 0 bridgehead atoms. The molecule has 0 spiro atoms. The number of nitrogens with one attached hydrogen (secondary N) is 1. The van der Waals surface area contributed by atoms with Gasteiger partial charge in [0.1, 0.15) is 11.5 Å². The topological polar surface area (TPSA) is 97.2 Å². The molecule has 28 heavy (non-hydrogen) atoms. The Morgan fingerprint density at radius 2 is 2.07 bits per heavy atom. The molecule has 1 heterocycles. The van der Waals surface area contributed by atoms with Gasteiger partial charge in [-0.1, -0.05) is 24.3 Å². The number of carbonyl (C=O) groups excluding carboxylic acids is 1. The standard InChI is InChI=1S/C20H18N2O5S/c1-26-15-7-4-6-14(12-15)21-20-22-19(25)17(28-20)11-13-5-2-3-8-16(13)27-10-9-18(23)24/h2-8,11-12H,9-10H2,1H3,(H,23,24)(H,21,22,25)/b17-11+. The minimum Gasteiger partial charge on any atom is -0.497 e. The highest BCUT2D eigenvalue weighted by Gasteiger charge is 2.24. The highest BCUT2D eigenvalue weighted by molar-refractivity contribution is 8.18. The molecule has 0 saturated carbocycles. The molecular weight excluding hydrogens is 380 g/mol. The van der Waals surface area contributed by atoms with Gasteiger partial charge in [-0.05, 0) is 36.0 Å². The summed E-state index contributed by atoms with van der Waals surface area (Å²) in [6, 6.07) is 14.4. The maximum absolute atomic E-state index is 12.3. The third-order valence-electron chi connectivity index (χ3n) is 3.71. The number of thioether (sulfide) groups is 1. The van der Waals surface area contributed by atoms with Crippen molar-refractivity contribution in [2.75, 3.05) is 13.7 Å². The Morgan fingerprint density at radius 3 is 2.86 bits per heavy atom.